The van der Waals surface area contributed by atoms with Gasteiger partial charge in [0.2, 0.25) is 0 Å². The van der Waals surface area contributed by atoms with Gasteiger partial charge in [-0.05, 0) is 11.4 Å². The molecule has 0 amide bonds. The Balaban J connectivity index is 2.96. The lowest BCUT2D eigenvalue weighted by Crippen LogP contribution is -1.76. The minimum atomic E-state index is 0.125. The van der Waals surface area contributed by atoms with Crippen LogP contribution in [-0.2, 0) is 4.57 Å². The highest BCUT2D eigenvalue weighted by Gasteiger charge is 1.84. The molecule has 0 spiro atoms. The molecule has 7 heavy (non-hydrogen) atoms. The molecule has 0 atom stereocenters. The van der Waals surface area contributed by atoms with Crippen molar-refractivity contribution in [2.24, 2.45) is 0 Å². The van der Waals surface area contributed by atoms with E-state index in [4.69, 9.17) is 0 Å². The Labute approximate surface area is 47.2 Å². The molecule has 3 heteroatoms. The maximum atomic E-state index is 9.97. The summed E-state index contributed by atoms with van der Waals surface area (Å²) in [7, 11) is 0.125. The summed E-state index contributed by atoms with van der Waals surface area (Å²) in [5, 5.41) is 4.62. The van der Waals surface area contributed by atoms with Crippen molar-refractivity contribution < 1.29 is 4.57 Å². The van der Waals surface area contributed by atoms with Crippen LogP contribution in [0.25, 0.3) is 0 Å². The zero-order chi connectivity index (χ0) is 5.11. The van der Waals surface area contributed by atoms with Crippen molar-refractivity contribution in [1.82, 2.24) is 0 Å². The molecule has 0 saturated carbocycles. The number of hydrogen-bond donors (Lipinski definition) is 0. The average molecular weight is 130 g/mol. The molecule has 1 heterocycles. The highest BCUT2D eigenvalue weighted by molar-refractivity contribution is 7.35. The van der Waals surface area contributed by atoms with Crippen molar-refractivity contribution in [3.63, 3.8) is 0 Å². The Morgan fingerprint density at radius 2 is 2.57 bits per heavy atom. The molecule has 0 aliphatic carbocycles. The van der Waals surface area contributed by atoms with Crippen molar-refractivity contribution in [3.05, 3.63) is 16.8 Å². The Hall–Kier alpha value is -0.200. The van der Waals surface area contributed by atoms with Gasteiger partial charge in [-0.2, -0.15) is 11.3 Å². The quantitative estimate of drug-likeness (QED) is 0.528. The van der Waals surface area contributed by atoms with E-state index in [1.165, 1.54) is 0 Å². The summed E-state index contributed by atoms with van der Waals surface area (Å²) in [4.78, 5) is 0. The van der Waals surface area contributed by atoms with Gasteiger partial charge in [-0.25, -0.2) is 0 Å². The third-order valence-electron chi connectivity index (χ3n) is 0.612. The molecular formula is C4H3OPS. The van der Waals surface area contributed by atoms with Crippen molar-refractivity contribution >= 4 is 25.1 Å². The zero-order valence-electron chi connectivity index (χ0n) is 3.50. The first kappa shape index (κ1) is 4.95. The topological polar surface area (TPSA) is 17.1 Å². The standard InChI is InChI=1S/C4H3OPS/c5-6-4-1-2-7-3-4/h1-3H. The van der Waals surface area contributed by atoms with E-state index in [0.29, 0.717) is 0 Å². The van der Waals surface area contributed by atoms with E-state index >= 15 is 0 Å². The van der Waals surface area contributed by atoms with Crippen LogP contribution in [0, 0.1) is 0 Å². The molecule has 1 nitrogen and oxygen atoms in total. The lowest BCUT2D eigenvalue weighted by Gasteiger charge is -1.63. The highest BCUT2D eigenvalue weighted by atomic mass is 32.1. The van der Waals surface area contributed by atoms with E-state index in [2.05, 4.69) is 0 Å². The van der Waals surface area contributed by atoms with Gasteiger partial charge in [0.1, 0.15) is 0 Å². The summed E-state index contributed by atoms with van der Waals surface area (Å²) in [6.45, 7) is 0. The molecular weight excluding hydrogens is 127 g/mol. The highest BCUT2D eigenvalue weighted by Crippen LogP contribution is 1.99. The summed E-state index contributed by atoms with van der Waals surface area (Å²) < 4.78 is 9.97. The fourth-order valence-electron chi connectivity index (χ4n) is 0.309. The third kappa shape index (κ3) is 1.08. The van der Waals surface area contributed by atoms with E-state index < -0.39 is 0 Å². The molecule has 1 rings (SSSR count). The van der Waals surface area contributed by atoms with Gasteiger partial charge in [0, 0.05) is 5.38 Å². The smallest absolute Gasteiger partial charge is 0.193 e. The Bertz CT molecular complexity index is 147. The first-order valence-electron chi connectivity index (χ1n) is 1.79. The van der Waals surface area contributed by atoms with Gasteiger partial charge in [0.05, 0.1) is 5.30 Å². The van der Waals surface area contributed by atoms with E-state index in [0.717, 1.165) is 5.30 Å². The van der Waals surface area contributed by atoms with Crippen LogP contribution in [0.2, 0.25) is 0 Å². The second kappa shape index (κ2) is 2.20. The van der Waals surface area contributed by atoms with Gasteiger partial charge in [0.25, 0.3) is 0 Å². The molecule has 0 unspecified atom stereocenters. The van der Waals surface area contributed by atoms with Crippen molar-refractivity contribution in [2.45, 2.75) is 0 Å². The van der Waals surface area contributed by atoms with Crippen LogP contribution in [0.15, 0.2) is 16.8 Å². The zero-order valence-corrected chi connectivity index (χ0v) is 5.21. The van der Waals surface area contributed by atoms with Gasteiger partial charge in [-0.15, -0.1) is 0 Å². The van der Waals surface area contributed by atoms with Crippen molar-refractivity contribution in [2.75, 3.05) is 0 Å². The summed E-state index contributed by atoms with van der Waals surface area (Å²) in [5.41, 5.74) is 0. The predicted octanol–water partition coefficient (Wildman–Crippen LogP) is 1.67. The van der Waals surface area contributed by atoms with Crippen LogP contribution >= 0.6 is 19.8 Å². The molecule has 1 aromatic heterocycles. The fraction of sp³-hybridized carbons (Fsp3) is 0. The van der Waals surface area contributed by atoms with Crippen LogP contribution in [0.1, 0.15) is 0 Å². The summed E-state index contributed by atoms with van der Waals surface area (Å²) in [5.74, 6) is 0. The van der Waals surface area contributed by atoms with E-state index in [1.807, 2.05) is 16.8 Å². The van der Waals surface area contributed by atoms with Crippen LogP contribution in [0.4, 0.5) is 0 Å². The van der Waals surface area contributed by atoms with Gasteiger partial charge in [-0.3, -0.25) is 4.57 Å². The Morgan fingerprint density at radius 3 is 2.86 bits per heavy atom. The van der Waals surface area contributed by atoms with E-state index in [1.54, 1.807) is 11.3 Å². The lowest BCUT2D eigenvalue weighted by molar-refractivity contribution is 0.603. The summed E-state index contributed by atoms with van der Waals surface area (Å²) in [6.07, 6.45) is 0. The van der Waals surface area contributed by atoms with Gasteiger partial charge < -0.3 is 0 Å². The normalized spacial score (nSPS) is 9.71. The minimum absolute atomic E-state index is 0.125. The van der Waals surface area contributed by atoms with Gasteiger partial charge in [0.15, 0.2) is 8.46 Å². The lowest BCUT2D eigenvalue weighted by atomic mass is 10.7. The summed E-state index contributed by atoms with van der Waals surface area (Å²) in [6, 6.07) is 1.83. The SMILES string of the molecule is O=Pc1ccsc1. The van der Waals surface area contributed by atoms with Crippen LogP contribution in [0.5, 0.6) is 0 Å². The number of hydrogen-bond acceptors (Lipinski definition) is 2. The average Bonchev–Trinajstić information content (AvgIpc) is 2.14. The van der Waals surface area contributed by atoms with E-state index in [9.17, 15) is 4.57 Å². The van der Waals surface area contributed by atoms with Crippen LogP contribution in [-0.4, -0.2) is 0 Å². The molecule has 0 N–H and O–H groups in total. The third-order valence-corrected chi connectivity index (χ3v) is 1.96. The minimum Gasteiger partial charge on any atom is -0.269 e. The van der Waals surface area contributed by atoms with Crippen molar-refractivity contribution in [1.29, 1.82) is 0 Å². The molecule has 0 aliphatic rings. The fourth-order valence-corrected chi connectivity index (χ4v) is 1.42. The molecule has 0 saturated heterocycles. The molecule has 0 aromatic carbocycles. The number of thiophene rings is 1. The monoisotopic (exact) mass is 130 g/mol. The Morgan fingerprint density at radius 1 is 1.71 bits per heavy atom. The molecule has 1 aromatic rings. The van der Waals surface area contributed by atoms with Crippen LogP contribution < -0.4 is 5.30 Å². The number of rotatable bonds is 1. The predicted molar refractivity (Wildman–Crippen MR) is 31.6 cm³/mol. The molecule has 0 radical (unpaired) electrons. The van der Waals surface area contributed by atoms with Crippen molar-refractivity contribution in [3.8, 4) is 0 Å². The molecule has 0 aliphatic heterocycles. The molecule has 36 valence electrons. The van der Waals surface area contributed by atoms with E-state index in [-0.39, 0.29) is 8.46 Å². The van der Waals surface area contributed by atoms with Gasteiger partial charge in [-0.1, -0.05) is 0 Å². The first-order valence-corrected chi connectivity index (χ1v) is 3.54. The summed E-state index contributed by atoms with van der Waals surface area (Å²) >= 11 is 1.56. The van der Waals surface area contributed by atoms with Gasteiger partial charge >= 0.3 is 0 Å². The molecule has 0 bridgehead atoms. The largest absolute Gasteiger partial charge is 0.269 e. The molecule has 0 fully saturated rings. The second-order valence-corrected chi connectivity index (χ2v) is 2.55. The Kier molecular flexibility index (Phi) is 1.55. The maximum Gasteiger partial charge on any atom is 0.193 e. The maximum absolute atomic E-state index is 9.97. The second-order valence-electron chi connectivity index (χ2n) is 1.07. The van der Waals surface area contributed by atoms with Crippen LogP contribution in [0.3, 0.4) is 0 Å². The first-order chi connectivity index (χ1) is 3.43.